The van der Waals surface area contributed by atoms with E-state index in [0.29, 0.717) is 0 Å². The molecule has 0 amide bonds. The van der Waals surface area contributed by atoms with E-state index < -0.39 is 8.53 Å². The highest BCUT2D eigenvalue weighted by molar-refractivity contribution is 7.46. The van der Waals surface area contributed by atoms with E-state index in [2.05, 4.69) is 0 Å². The van der Waals surface area contributed by atoms with E-state index in [1.807, 2.05) is 0 Å². The molecule has 0 unspecified atom stereocenters. The first kappa shape index (κ1) is 8.28. The highest BCUT2D eigenvalue weighted by Crippen LogP contribution is 2.40. The quantitative estimate of drug-likeness (QED) is 0.531. The Morgan fingerprint density at radius 3 is 1.25 bits per heavy atom. The zero-order valence-corrected chi connectivity index (χ0v) is 6.61. The summed E-state index contributed by atoms with van der Waals surface area (Å²) in [4.78, 5) is 0. The topological polar surface area (TPSA) is 6.48 Å². The maximum absolute atomic E-state index is 12.6. The molecule has 0 spiro atoms. The lowest BCUT2D eigenvalue weighted by atomic mass is 11.3. The van der Waals surface area contributed by atoms with Gasteiger partial charge in [0.25, 0.3) is 0 Å². The van der Waals surface area contributed by atoms with Gasteiger partial charge in [-0.3, -0.25) is 0 Å². The Bertz CT molecular complexity index is 59.1. The predicted octanol–water partition coefficient (Wildman–Crippen LogP) is 1.31. The summed E-state index contributed by atoms with van der Waals surface area (Å²) in [5, 5.41) is 0. The molecular weight excluding hydrogens is 126 g/mol. The van der Waals surface area contributed by atoms with Gasteiger partial charge in [0.1, 0.15) is 0 Å². The first-order chi connectivity index (χ1) is 3.55. The van der Waals surface area contributed by atoms with E-state index >= 15 is 0 Å². The molecule has 0 rings (SSSR count). The molecule has 0 aliphatic carbocycles. The van der Waals surface area contributed by atoms with E-state index in [1.54, 1.807) is 37.5 Å². The van der Waals surface area contributed by atoms with Gasteiger partial charge < -0.3 is 0 Å². The summed E-state index contributed by atoms with van der Waals surface area (Å²) in [6.07, 6.45) is 0. The molecule has 0 aromatic heterocycles. The molecule has 8 heavy (non-hydrogen) atoms. The minimum absolute atomic E-state index is 1.53. The van der Waals surface area contributed by atoms with Crippen LogP contribution >= 0.6 is 8.53 Å². The fourth-order valence-electron chi connectivity index (χ4n) is 0.358. The van der Waals surface area contributed by atoms with Crippen LogP contribution in [0.2, 0.25) is 0 Å². The number of hydrogen-bond acceptors (Lipinski definition) is 2. The van der Waals surface area contributed by atoms with E-state index in [-0.39, 0.29) is 0 Å². The van der Waals surface area contributed by atoms with E-state index in [0.717, 1.165) is 0 Å². The Balaban J connectivity index is 3.46. The van der Waals surface area contributed by atoms with Crippen molar-refractivity contribution in [3.8, 4) is 0 Å². The third kappa shape index (κ3) is 2.55. The van der Waals surface area contributed by atoms with Gasteiger partial charge in [-0.1, -0.05) is 0 Å². The monoisotopic (exact) mass is 138 g/mol. The van der Waals surface area contributed by atoms with Crippen LogP contribution in [0.3, 0.4) is 0 Å². The van der Waals surface area contributed by atoms with Crippen molar-refractivity contribution in [1.82, 2.24) is 9.34 Å². The van der Waals surface area contributed by atoms with Gasteiger partial charge in [-0.2, -0.15) is 4.20 Å². The molecule has 0 heterocycles. The van der Waals surface area contributed by atoms with Crippen molar-refractivity contribution in [3.63, 3.8) is 0 Å². The van der Waals surface area contributed by atoms with Crippen LogP contribution in [0.5, 0.6) is 0 Å². The lowest BCUT2D eigenvalue weighted by Crippen LogP contribution is -2.13. The van der Waals surface area contributed by atoms with Crippen molar-refractivity contribution in [2.45, 2.75) is 0 Å². The second-order valence-corrected chi connectivity index (χ2v) is 4.02. The molecule has 50 valence electrons. The molecule has 0 N–H and O–H groups in total. The van der Waals surface area contributed by atoms with Crippen LogP contribution in [0.15, 0.2) is 0 Å². The molecule has 0 bridgehead atoms. The second-order valence-electron chi connectivity index (χ2n) is 1.94. The Morgan fingerprint density at radius 1 is 1.00 bits per heavy atom. The van der Waals surface area contributed by atoms with Gasteiger partial charge in [0.15, 0.2) is 0 Å². The van der Waals surface area contributed by atoms with E-state index in [9.17, 15) is 4.20 Å². The first-order valence-corrected chi connectivity index (χ1v) is 3.50. The van der Waals surface area contributed by atoms with Gasteiger partial charge in [-0.15, -0.1) is 0 Å². The zero-order valence-electron chi connectivity index (χ0n) is 5.72. The fraction of sp³-hybridized carbons (Fsp3) is 1.00. The lowest BCUT2D eigenvalue weighted by Gasteiger charge is -2.20. The molecule has 0 fully saturated rings. The normalized spacial score (nSPS) is 12.0. The Hall–Kier alpha value is 0.280. The minimum Gasteiger partial charge on any atom is -0.249 e. The van der Waals surface area contributed by atoms with Crippen LogP contribution in [-0.4, -0.2) is 37.5 Å². The second kappa shape index (κ2) is 3.33. The van der Waals surface area contributed by atoms with Crippen molar-refractivity contribution in [3.05, 3.63) is 0 Å². The maximum Gasteiger partial charge on any atom is 0.235 e. The number of halogens is 1. The van der Waals surface area contributed by atoms with Crippen molar-refractivity contribution in [1.29, 1.82) is 0 Å². The van der Waals surface area contributed by atoms with Gasteiger partial charge >= 0.3 is 0 Å². The first-order valence-electron chi connectivity index (χ1n) is 2.36. The molecule has 0 aliphatic heterocycles. The average molecular weight is 138 g/mol. The van der Waals surface area contributed by atoms with Crippen molar-refractivity contribution < 1.29 is 4.20 Å². The van der Waals surface area contributed by atoms with Crippen LogP contribution in [0, 0.1) is 0 Å². The van der Waals surface area contributed by atoms with Crippen LogP contribution in [0.4, 0.5) is 4.20 Å². The molecule has 0 radical (unpaired) electrons. The molecule has 0 atom stereocenters. The van der Waals surface area contributed by atoms with Crippen molar-refractivity contribution >= 4 is 8.53 Å². The minimum atomic E-state index is -1.53. The Kier molecular flexibility index (Phi) is 3.45. The Labute approximate surface area is 51.3 Å². The predicted molar refractivity (Wildman–Crippen MR) is 35.4 cm³/mol. The van der Waals surface area contributed by atoms with Gasteiger partial charge in [-0.05, 0) is 28.2 Å². The fourth-order valence-corrected chi connectivity index (χ4v) is 1.07. The van der Waals surface area contributed by atoms with Crippen LogP contribution in [0.1, 0.15) is 0 Å². The summed E-state index contributed by atoms with van der Waals surface area (Å²) in [5.74, 6) is 0. The summed E-state index contributed by atoms with van der Waals surface area (Å²) in [6, 6.07) is 0. The van der Waals surface area contributed by atoms with E-state index in [1.165, 1.54) is 0 Å². The third-order valence-corrected chi connectivity index (χ3v) is 1.98. The average Bonchev–Trinajstić information content (AvgIpc) is 1.64. The van der Waals surface area contributed by atoms with Gasteiger partial charge in [0.05, 0.1) is 0 Å². The molecule has 0 aromatic rings. The molecule has 0 saturated carbocycles. The zero-order chi connectivity index (χ0) is 6.73. The van der Waals surface area contributed by atoms with E-state index in [4.69, 9.17) is 0 Å². The van der Waals surface area contributed by atoms with Crippen molar-refractivity contribution in [2.24, 2.45) is 0 Å². The summed E-state index contributed by atoms with van der Waals surface area (Å²) in [6.45, 7) is 0. The SMILES string of the molecule is CN(C)P(F)N(C)C. The molecule has 0 aliphatic rings. The smallest absolute Gasteiger partial charge is 0.235 e. The maximum atomic E-state index is 12.6. The highest BCUT2D eigenvalue weighted by atomic mass is 31.2. The molecule has 4 heteroatoms. The number of nitrogens with zero attached hydrogens (tertiary/aromatic N) is 2. The largest absolute Gasteiger partial charge is 0.249 e. The van der Waals surface area contributed by atoms with Crippen LogP contribution in [-0.2, 0) is 0 Å². The van der Waals surface area contributed by atoms with Gasteiger partial charge in [0, 0.05) is 0 Å². The molecule has 2 nitrogen and oxygen atoms in total. The van der Waals surface area contributed by atoms with Gasteiger partial charge in [-0.25, -0.2) is 9.34 Å². The molecule has 0 aromatic carbocycles. The Morgan fingerprint density at radius 2 is 1.25 bits per heavy atom. The molecule has 0 saturated heterocycles. The van der Waals surface area contributed by atoms with Crippen LogP contribution in [0.25, 0.3) is 0 Å². The highest BCUT2D eigenvalue weighted by Gasteiger charge is 2.10. The standard InChI is InChI=1S/C4H12FN2P/c1-6(2)8(5)7(3)4/h1-4H3. The van der Waals surface area contributed by atoms with Crippen molar-refractivity contribution in [2.75, 3.05) is 28.2 Å². The summed E-state index contributed by atoms with van der Waals surface area (Å²) in [5.41, 5.74) is 0. The van der Waals surface area contributed by atoms with Crippen LogP contribution < -0.4 is 0 Å². The van der Waals surface area contributed by atoms with Gasteiger partial charge in [0.2, 0.25) is 8.53 Å². The molecular formula is C4H12FN2P. The lowest BCUT2D eigenvalue weighted by molar-refractivity contribution is 0.519. The number of rotatable bonds is 2. The summed E-state index contributed by atoms with van der Waals surface area (Å²) < 4.78 is 15.7. The summed E-state index contributed by atoms with van der Waals surface area (Å²) in [7, 11) is 5.38. The number of hydrogen-bond donors (Lipinski definition) is 0. The third-order valence-electron chi connectivity index (χ3n) is 0.660. The summed E-state index contributed by atoms with van der Waals surface area (Å²) >= 11 is 0.